The minimum absolute atomic E-state index is 0.0218. The summed E-state index contributed by atoms with van der Waals surface area (Å²) in [5, 5.41) is 10.3. The maximum atomic E-state index is 12.9. The van der Waals surface area contributed by atoms with Crippen molar-refractivity contribution in [1.29, 1.82) is 0 Å². The third-order valence-electron chi connectivity index (χ3n) is 6.01. The second kappa shape index (κ2) is 7.98. The van der Waals surface area contributed by atoms with Gasteiger partial charge in [0.2, 0.25) is 11.8 Å². The van der Waals surface area contributed by atoms with Crippen molar-refractivity contribution in [2.75, 3.05) is 16.8 Å². The number of aromatic amines is 1. The first-order chi connectivity index (χ1) is 15.1. The maximum Gasteiger partial charge on any atom is 0.229 e. The van der Waals surface area contributed by atoms with Crippen molar-refractivity contribution in [3.63, 3.8) is 0 Å². The molecule has 2 amide bonds. The van der Waals surface area contributed by atoms with E-state index < -0.39 is 0 Å². The fourth-order valence-corrected chi connectivity index (χ4v) is 3.97. The van der Waals surface area contributed by atoms with Gasteiger partial charge in [-0.2, -0.15) is 5.10 Å². The minimum Gasteiger partial charge on any atom is -0.326 e. The van der Waals surface area contributed by atoms with Crippen LogP contribution in [0.1, 0.15) is 43.5 Å². The highest BCUT2D eigenvalue weighted by Crippen LogP contribution is 2.38. The lowest BCUT2D eigenvalue weighted by molar-refractivity contribution is -0.122. The molecule has 0 bridgehead atoms. The molecule has 1 unspecified atom stereocenters. The molecule has 1 aliphatic carbocycles. The van der Waals surface area contributed by atoms with Crippen LogP contribution in [-0.2, 0) is 16.0 Å². The van der Waals surface area contributed by atoms with Crippen LogP contribution in [0.4, 0.5) is 11.4 Å². The highest BCUT2D eigenvalue weighted by atomic mass is 16.2. The maximum absolute atomic E-state index is 12.9. The van der Waals surface area contributed by atoms with Crippen LogP contribution >= 0.6 is 0 Å². The highest BCUT2D eigenvalue weighted by molar-refractivity contribution is 6.03. The number of carbonyl (C=O) groups excluding carboxylic acids is 2. The zero-order chi connectivity index (χ0) is 21.4. The average molecular weight is 415 g/mol. The quantitative estimate of drug-likeness (QED) is 0.639. The van der Waals surface area contributed by atoms with Gasteiger partial charge < -0.3 is 10.2 Å². The third-order valence-corrected chi connectivity index (χ3v) is 6.01. The van der Waals surface area contributed by atoms with Crippen LogP contribution in [0.25, 0.3) is 11.4 Å². The van der Waals surface area contributed by atoms with Crippen LogP contribution in [0.2, 0.25) is 0 Å². The normalized spacial score (nSPS) is 18.4. The van der Waals surface area contributed by atoms with E-state index in [1.165, 1.54) is 5.56 Å². The molecule has 7 nitrogen and oxygen atoms in total. The molecule has 0 radical (unpaired) electrons. The molecule has 1 aliphatic heterocycles. The predicted molar refractivity (Wildman–Crippen MR) is 119 cm³/mol. The van der Waals surface area contributed by atoms with Gasteiger partial charge in [0.1, 0.15) is 5.82 Å². The summed E-state index contributed by atoms with van der Waals surface area (Å²) in [5.74, 6) is 1.52. The molecule has 7 heteroatoms. The van der Waals surface area contributed by atoms with Gasteiger partial charge in [-0.1, -0.05) is 31.2 Å². The Kier molecular flexibility index (Phi) is 5.02. The number of aryl methyl sites for hydroxylation is 1. The predicted octanol–water partition coefficient (Wildman–Crippen LogP) is 3.90. The molecule has 5 rings (SSSR count). The molecule has 1 aromatic heterocycles. The van der Waals surface area contributed by atoms with E-state index in [-0.39, 0.29) is 24.2 Å². The molecule has 2 N–H and O–H groups in total. The first-order valence-corrected chi connectivity index (χ1v) is 10.8. The van der Waals surface area contributed by atoms with Gasteiger partial charge in [0, 0.05) is 35.8 Å². The van der Waals surface area contributed by atoms with Gasteiger partial charge in [-0.3, -0.25) is 14.7 Å². The number of hydrogen-bond acceptors (Lipinski definition) is 4. The number of carbonyl (C=O) groups is 2. The lowest BCUT2D eigenvalue weighted by Gasteiger charge is -2.17. The Morgan fingerprint density at radius 2 is 2.00 bits per heavy atom. The molecular formula is C24H25N5O2. The van der Waals surface area contributed by atoms with Gasteiger partial charge in [0.05, 0.1) is 5.92 Å². The number of amides is 2. The zero-order valence-corrected chi connectivity index (χ0v) is 17.5. The van der Waals surface area contributed by atoms with Crippen molar-refractivity contribution >= 4 is 23.2 Å². The molecule has 1 atom stereocenters. The fourth-order valence-electron chi connectivity index (χ4n) is 3.97. The van der Waals surface area contributed by atoms with Crippen LogP contribution < -0.4 is 10.2 Å². The Labute approximate surface area is 180 Å². The monoisotopic (exact) mass is 415 g/mol. The number of nitrogens with zero attached hydrogens (tertiary/aromatic N) is 3. The van der Waals surface area contributed by atoms with Gasteiger partial charge in [-0.15, -0.1) is 0 Å². The Morgan fingerprint density at radius 1 is 1.19 bits per heavy atom. The number of benzene rings is 2. The number of aromatic nitrogens is 3. The van der Waals surface area contributed by atoms with E-state index in [4.69, 9.17) is 0 Å². The van der Waals surface area contributed by atoms with Crippen LogP contribution in [0.3, 0.4) is 0 Å². The van der Waals surface area contributed by atoms with Gasteiger partial charge in [-0.25, -0.2) is 4.98 Å². The van der Waals surface area contributed by atoms with Crippen LogP contribution in [-0.4, -0.2) is 33.5 Å². The summed E-state index contributed by atoms with van der Waals surface area (Å²) in [5.41, 5.74) is 3.59. The molecule has 2 heterocycles. The summed E-state index contributed by atoms with van der Waals surface area (Å²) >= 11 is 0. The van der Waals surface area contributed by atoms with Gasteiger partial charge in [0.15, 0.2) is 5.82 Å². The first kappa shape index (κ1) is 19.5. The van der Waals surface area contributed by atoms with Gasteiger partial charge >= 0.3 is 0 Å². The van der Waals surface area contributed by atoms with Crippen molar-refractivity contribution in [1.82, 2.24) is 15.2 Å². The molecule has 158 valence electrons. The van der Waals surface area contributed by atoms with E-state index in [0.29, 0.717) is 24.0 Å². The molecule has 3 aromatic rings. The van der Waals surface area contributed by atoms with E-state index in [0.717, 1.165) is 36.3 Å². The number of anilines is 2. The van der Waals surface area contributed by atoms with E-state index in [1.54, 1.807) is 4.90 Å². The second-order valence-corrected chi connectivity index (χ2v) is 8.31. The molecule has 2 aliphatic rings. The van der Waals surface area contributed by atoms with Gasteiger partial charge in [-0.05, 0) is 49.1 Å². The summed E-state index contributed by atoms with van der Waals surface area (Å²) in [6, 6.07) is 15.5. The summed E-state index contributed by atoms with van der Waals surface area (Å²) in [6.45, 7) is 2.49. The molecule has 31 heavy (non-hydrogen) atoms. The number of H-pyrrole nitrogens is 1. The largest absolute Gasteiger partial charge is 0.326 e. The summed E-state index contributed by atoms with van der Waals surface area (Å²) in [4.78, 5) is 31.7. The molecular weight excluding hydrogens is 390 g/mol. The van der Waals surface area contributed by atoms with E-state index in [2.05, 4.69) is 27.4 Å². The van der Waals surface area contributed by atoms with Crippen molar-refractivity contribution < 1.29 is 9.59 Å². The van der Waals surface area contributed by atoms with E-state index >= 15 is 0 Å². The standard InChI is InChI=1S/C24H25N5O2/c1-2-15-6-10-20(11-7-15)29-14-18(13-21(29)30)24(31)25-19-5-3-4-17(12-19)23-26-22(27-28-23)16-8-9-16/h3-7,10-12,16,18H,2,8-9,13-14H2,1H3,(H,25,31)(H,26,27,28). The van der Waals surface area contributed by atoms with Crippen molar-refractivity contribution in [2.24, 2.45) is 5.92 Å². The van der Waals surface area contributed by atoms with Crippen molar-refractivity contribution in [3.05, 3.63) is 59.9 Å². The topological polar surface area (TPSA) is 91.0 Å². The smallest absolute Gasteiger partial charge is 0.229 e. The molecule has 1 saturated carbocycles. The first-order valence-electron chi connectivity index (χ1n) is 10.8. The van der Waals surface area contributed by atoms with E-state index in [1.807, 2.05) is 48.5 Å². The molecule has 0 spiro atoms. The SMILES string of the molecule is CCc1ccc(N2CC(C(=O)Nc3cccc(-c4n[nH]c(C5CC5)n4)c3)CC2=O)cc1. The summed E-state index contributed by atoms with van der Waals surface area (Å²) in [6.07, 6.45) is 3.48. The van der Waals surface area contributed by atoms with Crippen LogP contribution in [0.5, 0.6) is 0 Å². The Bertz CT molecular complexity index is 1120. The number of nitrogens with one attached hydrogen (secondary N) is 2. The zero-order valence-electron chi connectivity index (χ0n) is 17.5. The number of hydrogen-bond donors (Lipinski definition) is 2. The Balaban J connectivity index is 1.26. The minimum atomic E-state index is -0.382. The second-order valence-electron chi connectivity index (χ2n) is 8.31. The molecule has 2 fully saturated rings. The lowest BCUT2D eigenvalue weighted by Crippen LogP contribution is -2.28. The lowest BCUT2D eigenvalue weighted by atomic mass is 10.1. The fraction of sp³-hybridized carbons (Fsp3) is 0.333. The van der Waals surface area contributed by atoms with Crippen molar-refractivity contribution in [3.8, 4) is 11.4 Å². The Hall–Kier alpha value is -3.48. The van der Waals surface area contributed by atoms with Crippen LogP contribution in [0, 0.1) is 5.92 Å². The molecule has 2 aromatic carbocycles. The van der Waals surface area contributed by atoms with Gasteiger partial charge in [0.25, 0.3) is 0 Å². The average Bonchev–Trinajstić information content (AvgIpc) is 3.38. The van der Waals surface area contributed by atoms with Crippen LogP contribution in [0.15, 0.2) is 48.5 Å². The number of rotatable bonds is 6. The molecule has 1 saturated heterocycles. The van der Waals surface area contributed by atoms with E-state index in [9.17, 15) is 9.59 Å². The summed E-state index contributed by atoms with van der Waals surface area (Å²) in [7, 11) is 0. The third kappa shape index (κ3) is 4.08. The van der Waals surface area contributed by atoms with Crippen molar-refractivity contribution in [2.45, 2.75) is 38.5 Å². The Morgan fingerprint density at radius 3 is 2.74 bits per heavy atom. The summed E-state index contributed by atoms with van der Waals surface area (Å²) < 4.78 is 0. The highest BCUT2D eigenvalue weighted by Gasteiger charge is 2.35.